The maximum absolute atomic E-state index is 11.4. The molecule has 3 nitrogen and oxygen atoms in total. The molecule has 0 radical (unpaired) electrons. The highest BCUT2D eigenvalue weighted by Crippen LogP contribution is 2.20. The Kier molecular flexibility index (Phi) is 5.04. The lowest BCUT2D eigenvalue weighted by Gasteiger charge is -2.10. The Morgan fingerprint density at radius 3 is 2.82 bits per heavy atom. The Labute approximate surface area is 106 Å². The van der Waals surface area contributed by atoms with Crippen molar-refractivity contribution in [2.75, 3.05) is 13.2 Å². The first-order valence-corrected chi connectivity index (χ1v) is 5.67. The quantitative estimate of drug-likeness (QED) is 0.876. The second-order valence-electron chi connectivity index (χ2n) is 3.78. The molecule has 1 N–H and O–H groups in total. The van der Waals surface area contributed by atoms with E-state index in [2.05, 4.69) is 11.9 Å². The summed E-state index contributed by atoms with van der Waals surface area (Å²) in [6, 6.07) is 5.74. The number of ether oxygens (including phenoxy) is 1. The zero-order chi connectivity index (χ0) is 12.8. The smallest absolute Gasteiger partial charge is 0.258 e. The second-order valence-corrected chi connectivity index (χ2v) is 4.32. The standard InChI is InChI=1S/C13H16ClNO2/c1-9-5-4-6-12(11(9)3)17-8-13(16)15-7-10(2)14/h4-6H,2,7-8H2,1,3H3,(H,15,16). The molecule has 1 amide bonds. The van der Waals surface area contributed by atoms with Gasteiger partial charge in [0.15, 0.2) is 6.61 Å². The van der Waals surface area contributed by atoms with Gasteiger partial charge in [0.2, 0.25) is 0 Å². The summed E-state index contributed by atoms with van der Waals surface area (Å²) in [7, 11) is 0. The molecular formula is C13H16ClNO2. The predicted molar refractivity (Wildman–Crippen MR) is 69.4 cm³/mol. The molecule has 4 heteroatoms. The Hall–Kier alpha value is -1.48. The zero-order valence-electron chi connectivity index (χ0n) is 10.0. The van der Waals surface area contributed by atoms with Gasteiger partial charge in [-0.1, -0.05) is 30.3 Å². The summed E-state index contributed by atoms with van der Waals surface area (Å²) in [5, 5.41) is 2.98. The zero-order valence-corrected chi connectivity index (χ0v) is 10.8. The van der Waals surface area contributed by atoms with Crippen LogP contribution in [-0.4, -0.2) is 19.1 Å². The SMILES string of the molecule is C=C(Cl)CNC(=O)COc1cccc(C)c1C. The molecule has 1 rings (SSSR count). The third-order valence-electron chi connectivity index (χ3n) is 2.39. The Balaban J connectivity index is 2.47. The number of amides is 1. The van der Waals surface area contributed by atoms with Crippen molar-refractivity contribution in [3.63, 3.8) is 0 Å². The number of nitrogens with one attached hydrogen (secondary N) is 1. The minimum Gasteiger partial charge on any atom is -0.483 e. The van der Waals surface area contributed by atoms with E-state index in [0.717, 1.165) is 16.9 Å². The molecule has 0 aliphatic carbocycles. The highest BCUT2D eigenvalue weighted by atomic mass is 35.5. The van der Waals surface area contributed by atoms with Crippen molar-refractivity contribution < 1.29 is 9.53 Å². The van der Waals surface area contributed by atoms with Gasteiger partial charge in [0, 0.05) is 5.03 Å². The number of benzene rings is 1. The minimum absolute atomic E-state index is 0.0194. The summed E-state index contributed by atoms with van der Waals surface area (Å²) in [4.78, 5) is 11.4. The molecule has 92 valence electrons. The number of hydrogen-bond donors (Lipinski definition) is 1. The van der Waals surface area contributed by atoms with Crippen LogP contribution in [-0.2, 0) is 4.79 Å². The van der Waals surface area contributed by atoms with E-state index in [1.165, 1.54) is 0 Å². The first-order chi connectivity index (χ1) is 8.00. The molecule has 0 saturated carbocycles. The van der Waals surface area contributed by atoms with Gasteiger partial charge in [-0.05, 0) is 31.0 Å². The summed E-state index contributed by atoms with van der Waals surface area (Å²) >= 11 is 5.54. The van der Waals surface area contributed by atoms with Gasteiger partial charge >= 0.3 is 0 Å². The first-order valence-electron chi connectivity index (χ1n) is 5.29. The molecule has 0 saturated heterocycles. The average Bonchev–Trinajstić information content (AvgIpc) is 2.28. The molecule has 0 aromatic heterocycles. The van der Waals surface area contributed by atoms with Gasteiger partial charge in [0.1, 0.15) is 5.75 Å². The Bertz CT molecular complexity index is 429. The summed E-state index contributed by atoms with van der Waals surface area (Å²) in [6.45, 7) is 7.68. The molecule has 17 heavy (non-hydrogen) atoms. The largest absolute Gasteiger partial charge is 0.483 e. The highest BCUT2D eigenvalue weighted by Gasteiger charge is 2.05. The molecule has 0 fully saturated rings. The molecule has 0 unspecified atom stereocenters. The third kappa shape index (κ3) is 4.49. The van der Waals surface area contributed by atoms with E-state index in [1.807, 2.05) is 32.0 Å². The molecule has 0 heterocycles. The highest BCUT2D eigenvalue weighted by molar-refractivity contribution is 6.29. The van der Waals surface area contributed by atoms with E-state index < -0.39 is 0 Å². The number of halogens is 1. The van der Waals surface area contributed by atoms with Gasteiger partial charge in [-0.25, -0.2) is 0 Å². The Morgan fingerprint density at radius 2 is 2.18 bits per heavy atom. The van der Waals surface area contributed by atoms with Crippen molar-refractivity contribution in [3.8, 4) is 5.75 Å². The van der Waals surface area contributed by atoms with Gasteiger partial charge in [0.05, 0.1) is 6.54 Å². The molecule has 1 aromatic carbocycles. The summed E-state index contributed by atoms with van der Waals surface area (Å²) in [5.74, 6) is 0.512. The molecule has 0 aliphatic heterocycles. The molecule has 0 aliphatic rings. The lowest BCUT2D eigenvalue weighted by Crippen LogP contribution is -2.29. The van der Waals surface area contributed by atoms with Crippen LogP contribution in [0.4, 0.5) is 0 Å². The van der Waals surface area contributed by atoms with Crippen molar-refractivity contribution in [1.82, 2.24) is 5.32 Å². The fourth-order valence-corrected chi connectivity index (χ4v) is 1.34. The third-order valence-corrected chi connectivity index (χ3v) is 2.52. The molecule has 0 spiro atoms. The molecule has 0 atom stereocenters. The van der Waals surface area contributed by atoms with Crippen LogP contribution >= 0.6 is 11.6 Å². The summed E-state index contributed by atoms with van der Waals surface area (Å²) in [6.07, 6.45) is 0. The van der Waals surface area contributed by atoms with E-state index in [-0.39, 0.29) is 19.1 Å². The summed E-state index contributed by atoms with van der Waals surface area (Å²) < 4.78 is 5.43. The van der Waals surface area contributed by atoms with E-state index in [1.54, 1.807) is 0 Å². The van der Waals surface area contributed by atoms with Crippen LogP contribution in [0.1, 0.15) is 11.1 Å². The lowest BCUT2D eigenvalue weighted by atomic mass is 10.1. The number of rotatable bonds is 5. The van der Waals surface area contributed by atoms with Crippen LogP contribution in [0.3, 0.4) is 0 Å². The first kappa shape index (κ1) is 13.6. The number of carbonyl (C=O) groups excluding carboxylic acids is 1. The van der Waals surface area contributed by atoms with Crippen LogP contribution in [0.2, 0.25) is 0 Å². The fraction of sp³-hybridized carbons (Fsp3) is 0.308. The van der Waals surface area contributed by atoms with Crippen LogP contribution in [0.5, 0.6) is 5.75 Å². The van der Waals surface area contributed by atoms with Crippen LogP contribution in [0, 0.1) is 13.8 Å². The lowest BCUT2D eigenvalue weighted by molar-refractivity contribution is -0.122. The Morgan fingerprint density at radius 1 is 1.47 bits per heavy atom. The van der Waals surface area contributed by atoms with Gasteiger partial charge in [-0.15, -0.1) is 0 Å². The molecular weight excluding hydrogens is 238 g/mol. The van der Waals surface area contributed by atoms with Crippen LogP contribution < -0.4 is 10.1 Å². The molecule has 0 bridgehead atoms. The van der Waals surface area contributed by atoms with E-state index in [9.17, 15) is 4.79 Å². The minimum atomic E-state index is -0.215. The van der Waals surface area contributed by atoms with E-state index in [0.29, 0.717) is 5.03 Å². The van der Waals surface area contributed by atoms with Gasteiger partial charge in [-0.3, -0.25) is 4.79 Å². The maximum atomic E-state index is 11.4. The van der Waals surface area contributed by atoms with Crippen molar-refractivity contribution in [1.29, 1.82) is 0 Å². The van der Waals surface area contributed by atoms with Gasteiger partial charge in [0.25, 0.3) is 5.91 Å². The van der Waals surface area contributed by atoms with Crippen molar-refractivity contribution in [3.05, 3.63) is 40.9 Å². The van der Waals surface area contributed by atoms with E-state index in [4.69, 9.17) is 16.3 Å². The topological polar surface area (TPSA) is 38.3 Å². The average molecular weight is 254 g/mol. The number of aryl methyl sites for hydroxylation is 1. The second kappa shape index (κ2) is 6.30. The number of carbonyl (C=O) groups is 1. The predicted octanol–water partition coefficient (Wildman–Crippen LogP) is 2.55. The van der Waals surface area contributed by atoms with Crippen LogP contribution in [0.15, 0.2) is 29.8 Å². The van der Waals surface area contributed by atoms with E-state index >= 15 is 0 Å². The normalized spacial score (nSPS) is 9.82. The van der Waals surface area contributed by atoms with Crippen molar-refractivity contribution >= 4 is 17.5 Å². The maximum Gasteiger partial charge on any atom is 0.258 e. The van der Waals surface area contributed by atoms with Crippen molar-refractivity contribution in [2.24, 2.45) is 0 Å². The summed E-state index contributed by atoms with van der Waals surface area (Å²) in [5.41, 5.74) is 2.18. The van der Waals surface area contributed by atoms with Gasteiger partial charge in [-0.2, -0.15) is 0 Å². The monoisotopic (exact) mass is 253 g/mol. The van der Waals surface area contributed by atoms with Crippen molar-refractivity contribution in [2.45, 2.75) is 13.8 Å². The van der Waals surface area contributed by atoms with Gasteiger partial charge < -0.3 is 10.1 Å². The van der Waals surface area contributed by atoms with Crippen LogP contribution in [0.25, 0.3) is 0 Å². The fourth-order valence-electron chi connectivity index (χ4n) is 1.27. The number of hydrogen-bond acceptors (Lipinski definition) is 2. The molecule has 1 aromatic rings.